The van der Waals surface area contributed by atoms with Gasteiger partial charge in [-0.3, -0.25) is 4.79 Å². The van der Waals surface area contributed by atoms with Crippen LogP contribution in [0.3, 0.4) is 0 Å². The number of piperidine rings is 1. The molecule has 3 rings (SSSR count). The van der Waals surface area contributed by atoms with Gasteiger partial charge in [0.2, 0.25) is 11.9 Å². The Bertz CT molecular complexity index is 660. The van der Waals surface area contributed by atoms with Gasteiger partial charge in [-0.25, -0.2) is 9.97 Å². The van der Waals surface area contributed by atoms with Gasteiger partial charge in [-0.15, -0.1) is 11.8 Å². The summed E-state index contributed by atoms with van der Waals surface area (Å²) in [6.07, 6.45) is 5.39. The summed E-state index contributed by atoms with van der Waals surface area (Å²) in [6.45, 7) is 3.73. The van der Waals surface area contributed by atoms with Crippen LogP contribution in [0.5, 0.6) is 0 Å². The lowest BCUT2D eigenvalue weighted by Crippen LogP contribution is -2.47. The minimum Gasteiger partial charge on any atom is -0.352 e. The van der Waals surface area contributed by atoms with Gasteiger partial charge >= 0.3 is 0 Å². The number of nitrogens with zero attached hydrogens (tertiary/aromatic N) is 3. The van der Waals surface area contributed by atoms with Crippen LogP contribution in [0.1, 0.15) is 25.3 Å². The molecule has 1 aliphatic heterocycles. The molecule has 132 valence electrons. The number of rotatable bonds is 6. The van der Waals surface area contributed by atoms with E-state index in [9.17, 15) is 4.79 Å². The van der Waals surface area contributed by atoms with Crippen molar-refractivity contribution >= 4 is 23.6 Å². The van der Waals surface area contributed by atoms with E-state index in [2.05, 4.69) is 32.3 Å². The first kappa shape index (κ1) is 17.7. The Morgan fingerprint density at radius 2 is 1.88 bits per heavy atom. The topological polar surface area (TPSA) is 58.1 Å². The lowest BCUT2D eigenvalue weighted by molar-refractivity contribution is -0.121. The van der Waals surface area contributed by atoms with E-state index in [0.717, 1.165) is 37.6 Å². The van der Waals surface area contributed by atoms with Gasteiger partial charge in [-0.05, 0) is 31.4 Å². The molecule has 1 unspecified atom stereocenters. The Morgan fingerprint density at radius 3 is 2.56 bits per heavy atom. The number of amides is 1. The maximum Gasteiger partial charge on any atom is 0.233 e. The molecule has 6 heteroatoms. The molecule has 2 heterocycles. The summed E-state index contributed by atoms with van der Waals surface area (Å²) >= 11 is 1.68. The maximum atomic E-state index is 12.4. The average molecular weight is 356 g/mol. The second kappa shape index (κ2) is 8.85. The third-order valence-electron chi connectivity index (χ3n) is 4.39. The van der Waals surface area contributed by atoms with Crippen LogP contribution < -0.4 is 10.2 Å². The number of hydrogen-bond donors (Lipinski definition) is 1. The van der Waals surface area contributed by atoms with Gasteiger partial charge in [-0.2, -0.15) is 0 Å². The zero-order valence-corrected chi connectivity index (χ0v) is 15.3. The van der Waals surface area contributed by atoms with Gasteiger partial charge < -0.3 is 10.2 Å². The number of anilines is 1. The van der Waals surface area contributed by atoms with Crippen LogP contribution in [0.4, 0.5) is 5.95 Å². The van der Waals surface area contributed by atoms with Crippen LogP contribution in [0.15, 0.2) is 48.8 Å². The molecule has 1 aromatic carbocycles. The SMILES string of the molecule is CC(SCc1ccccc1)C(=O)NC1CCN(c2ncccn2)CC1. The number of carbonyl (C=O) groups is 1. The Kier molecular flexibility index (Phi) is 6.28. The zero-order valence-electron chi connectivity index (χ0n) is 14.5. The molecule has 2 aromatic rings. The first-order valence-corrected chi connectivity index (χ1v) is 9.75. The molecule has 0 spiro atoms. The van der Waals surface area contributed by atoms with Crippen LogP contribution >= 0.6 is 11.8 Å². The summed E-state index contributed by atoms with van der Waals surface area (Å²) in [6, 6.07) is 12.3. The maximum absolute atomic E-state index is 12.4. The largest absolute Gasteiger partial charge is 0.352 e. The van der Waals surface area contributed by atoms with Crippen molar-refractivity contribution < 1.29 is 4.79 Å². The second-order valence-corrected chi connectivity index (χ2v) is 7.59. The fourth-order valence-corrected chi connectivity index (χ4v) is 3.72. The smallest absolute Gasteiger partial charge is 0.233 e. The fourth-order valence-electron chi connectivity index (χ4n) is 2.87. The van der Waals surface area contributed by atoms with Crippen molar-refractivity contribution in [2.24, 2.45) is 0 Å². The van der Waals surface area contributed by atoms with E-state index in [-0.39, 0.29) is 17.2 Å². The highest BCUT2D eigenvalue weighted by atomic mass is 32.2. The van der Waals surface area contributed by atoms with Crippen molar-refractivity contribution in [3.63, 3.8) is 0 Å². The highest BCUT2D eigenvalue weighted by Gasteiger charge is 2.24. The first-order valence-electron chi connectivity index (χ1n) is 8.70. The Balaban J connectivity index is 1.41. The molecule has 1 saturated heterocycles. The van der Waals surface area contributed by atoms with Gasteiger partial charge in [0.1, 0.15) is 0 Å². The lowest BCUT2D eigenvalue weighted by atomic mass is 10.1. The predicted octanol–water partition coefficient (Wildman–Crippen LogP) is 2.88. The molecule has 1 amide bonds. The van der Waals surface area contributed by atoms with E-state index < -0.39 is 0 Å². The summed E-state index contributed by atoms with van der Waals surface area (Å²) in [5, 5.41) is 3.15. The van der Waals surface area contributed by atoms with Gasteiger partial charge in [0.15, 0.2) is 0 Å². The Hall–Kier alpha value is -2.08. The average Bonchev–Trinajstić information content (AvgIpc) is 2.68. The lowest BCUT2D eigenvalue weighted by Gasteiger charge is -2.32. The molecule has 0 saturated carbocycles. The molecule has 0 radical (unpaired) electrons. The van der Waals surface area contributed by atoms with E-state index in [4.69, 9.17) is 0 Å². The Morgan fingerprint density at radius 1 is 1.20 bits per heavy atom. The van der Waals surface area contributed by atoms with E-state index in [1.54, 1.807) is 24.2 Å². The minimum atomic E-state index is -0.0457. The summed E-state index contributed by atoms with van der Waals surface area (Å²) < 4.78 is 0. The van der Waals surface area contributed by atoms with Crippen LogP contribution in [-0.2, 0) is 10.5 Å². The molecule has 0 bridgehead atoms. The minimum absolute atomic E-state index is 0.0457. The van der Waals surface area contributed by atoms with E-state index in [1.165, 1.54) is 5.56 Å². The van der Waals surface area contributed by atoms with E-state index in [0.29, 0.717) is 0 Å². The molecular weight excluding hydrogens is 332 g/mol. The quantitative estimate of drug-likeness (QED) is 0.862. The molecular formula is C19H24N4OS. The molecule has 1 atom stereocenters. The third kappa shape index (κ3) is 5.19. The van der Waals surface area contributed by atoms with E-state index >= 15 is 0 Å². The molecule has 1 aromatic heterocycles. The molecule has 1 N–H and O–H groups in total. The number of hydrogen-bond acceptors (Lipinski definition) is 5. The van der Waals surface area contributed by atoms with E-state index in [1.807, 2.05) is 31.2 Å². The Labute approximate surface area is 153 Å². The summed E-state index contributed by atoms with van der Waals surface area (Å²) in [7, 11) is 0. The summed E-state index contributed by atoms with van der Waals surface area (Å²) in [5.74, 6) is 1.77. The van der Waals surface area contributed by atoms with Crippen LogP contribution in [0.2, 0.25) is 0 Å². The monoisotopic (exact) mass is 356 g/mol. The second-order valence-electron chi connectivity index (χ2n) is 6.26. The fraction of sp³-hybridized carbons (Fsp3) is 0.421. The van der Waals surface area contributed by atoms with Gasteiger partial charge in [0.25, 0.3) is 0 Å². The van der Waals surface area contributed by atoms with Crippen molar-refractivity contribution in [3.05, 3.63) is 54.4 Å². The third-order valence-corrected chi connectivity index (χ3v) is 5.60. The number of nitrogens with one attached hydrogen (secondary N) is 1. The normalized spacial score (nSPS) is 16.4. The predicted molar refractivity (Wildman–Crippen MR) is 103 cm³/mol. The van der Waals surface area contributed by atoms with Gasteiger partial charge in [-0.1, -0.05) is 30.3 Å². The van der Waals surface area contributed by atoms with Crippen molar-refractivity contribution in [2.75, 3.05) is 18.0 Å². The van der Waals surface area contributed by atoms with Crippen LogP contribution in [0, 0.1) is 0 Å². The van der Waals surface area contributed by atoms with Crippen molar-refractivity contribution in [1.29, 1.82) is 0 Å². The number of benzene rings is 1. The van der Waals surface area contributed by atoms with Gasteiger partial charge in [0.05, 0.1) is 5.25 Å². The van der Waals surface area contributed by atoms with Crippen molar-refractivity contribution in [3.8, 4) is 0 Å². The highest BCUT2D eigenvalue weighted by molar-refractivity contribution is 7.99. The van der Waals surface area contributed by atoms with Crippen molar-refractivity contribution in [1.82, 2.24) is 15.3 Å². The first-order chi connectivity index (χ1) is 12.2. The van der Waals surface area contributed by atoms with Crippen molar-refractivity contribution in [2.45, 2.75) is 36.8 Å². The zero-order chi connectivity index (χ0) is 17.5. The van der Waals surface area contributed by atoms with Crippen LogP contribution in [0.25, 0.3) is 0 Å². The number of aromatic nitrogens is 2. The molecule has 0 aliphatic carbocycles. The number of carbonyl (C=O) groups excluding carboxylic acids is 1. The summed E-state index contributed by atoms with van der Waals surface area (Å²) in [4.78, 5) is 23.2. The molecule has 25 heavy (non-hydrogen) atoms. The van der Waals surface area contributed by atoms with Crippen LogP contribution in [-0.4, -0.2) is 40.3 Å². The standard InChI is InChI=1S/C19H24N4OS/c1-15(25-14-16-6-3-2-4-7-16)18(24)22-17-8-12-23(13-9-17)19-20-10-5-11-21-19/h2-7,10-11,15,17H,8-9,12-14H2,1H3,(H,22,24). The highest BCUT2D eigenvalue weighted by Crippen LogP contribution is 2.19. The summed E-state index contributed by atoms with van der Waals surface area (Å²) in [5.41, 5.74) is 1.25. The number of thioether (sulfide) groups is 1. The van der Waals surface area contributed by atoms with Gasteiger partial charge in [0, 0.05) is 37.3 Å². The molecule has 1 aliphatic rings. The molecule has 5 nitrogen and oxygen atoms in total. The molecule has 1 fully saturated rings.